The first kappa shape index (κ1) is 25.3. The molecule has 1 aromatic carbocycles. The lowest BCUT2D eigenvalue weighted by Gasteiger charge is -2.45. The van der Waals surface area contributed by atoms with E-state index in [2.05, 4.69) is 0 Å². The van der Waals surface area contributed by atoms with Gasteiger partial charge in [0.15, 0.2) is 5.78 Å². The van der Waals surface area contributed by atoms with Crippen molar-refractivity contribution in [3.8, 4) is 5.88 Å². The van der Waals surface area contributed by atoms with Crippen LogP contribution in [0.1, 0.15) is 54.8 Å². The van der Waals surface area contributed by atoms with Gasteiger partial charge in [0.1, 0.15) is 17.6 Å². The maximum absolute atomic E-state index is 13.7. The highest BCUT2D eigenvalue weighted by molar-refractivity contribution is 7.78. The third-order valence-electron chi connectivity index (χ3n) is 7.17. The second-order valence-corrected chi connectivity index (χ2v) is 10.8. The van der Waals surface area contributed by atoms with Gasteiger partial charge in [-0.15, -0.1) is 0 Å². The molecule has 2 atom stereocenters. The third-order valence-corrected chi connectivity index (χ3v) is 8.74. The summed E-state index contributed by atoms with van der Waals surface area (Å²) in [7, 11) is 1.74. The molecule has 2 aromatic heterocycles. The molecule has 1 amide bonds. The number of benzene rings is 1. The van der Waals surface area contributed by atoms with Gasteiger partial charge in [0.2, 0.25) is 11.8 Å². The molecule has 1 aliphatic heterocycles. The molecule has 0 spiro atoms. The molecule has 2 unspecified atom stereocenters. The summed E-state index contributed by atoms with van der Waals surface area (Å²) in [5.41, 5.74) is 0.649. The molecule has 6 nitrogen and oxygen atoms in total. The third kappa shape index (κ3) is 4.56. The van der Waals surface area contributed by atoms with E-state index in [4.69, 9.17) is 38.9 Å². The van der Waals surface area contributed by atoms with Gasteiger partial charge >= 0.3 is 0 Å². The first-order valence-electron chi connectivity index (χ1n) is 11.9. The largest absolute Gasteiger partial charge is 0.474 e. The minimum Gasteiger partial charge on any atom is -0.474 e. The number of thiol groups is 1. The summed E-state index contributed by atoms with van der Waals surface area (Å²) >= 11 is 12.6. The van der Waals surface area contributed by atoms with Gasteiger partial charge in [-0.2, -0.15) is 11.3 Å². The Hall–Kier alpha value is -2.39. The van der Waals surface area contributed by atoms with Crippen molar-refractivity contribution in [1.82, 2.24) is 9.29 Å². The van der Waals surface area contributed by atoms with E-state index in [0.717, 1.165) is 31.2 Å². The SMILES string of the molecule is COC1CCC(Oc2cccc(C3(c4ccsc4)CC(=O)C(c4ccccc4Cl)C(=O)N3S)n2)CC1. The van der Waals surface area contributed by atoms with Crippen LogP contribution in [0.2, 0.25) is 5.02 Å². The summed E-state index contributed by atoms with van der Waals surface area (Å²) in [6.07, 6.45) is 3.98. The number of ketones is 1. The lowest BCUT2D eigenvalue weighted by Crippen LogP contribution is -2.54. The maximum Gasteiger partial charge on any atom is 0.248 e. The number of carbonyl (C=O) groups is 2. The molecule has 1 saturated carbocycles. The first-order chi connectivity index (χ1) is 17.4. The number of amides is 1. The Morgan fingerprint density at radius 1 is 1.06 bits per heavy atom. The van der Waals surface area contributed by atoms with Gasteiger partial charge in [0.05, 0.1) is 11.8 Å². The van der Waals surface area contributed by atoms with Crippen LogP contribution in [0, 0.1) is 0 Å². The number of methoxy groups -OCH3 is 1. The second-order valence-electron chi connectivity index (χ2n) is 9.23. The fourth-order valence-electron chi connectivity index (χ4n) is 5.23. The quantitative estimate of drug-likeness (QED) is 0.314. The number of carbonyl (C=O) groups excluding carboxylic acids is 2. The van der Waals surface area contributed by atoms with E-state index in [1.165, 1.54) is 15.6 Å². The molecule has 1 saturated heterocycles. The monoisotopic (exact) mass is 542 g/mol. The number of halogens is 1. The van der Waals surface area contributed by atoms with Gasteiger partial charge < -0.3 is 9.47 Å². The Balaban J connectivity index is 1.50. The van der Waals surface area contributed by atoms with Crippen LogP contribution in [-0.2, 0) is 19.9 Å². The second kappa shape index (κ2) is 10.5. The average Bonchev–Trinajstić information content (AvgIpc) is 3.44. The van der Waals surface area contributed by atoms with Gasteiger partial charge in [0, 0.05) is 24.6 Å². The molecule has 188 valence electrons. The zero-order valence-electron chi connectivity index (χ0n) is 19.8. The Morgan fingerprint density at radius 2 is 1.81 bits per heavy atom. The molecule has 3 heterocycles. The molecule has 9 heteroatoms. The molecule has 2 aliphatic rings. The number of hydrogen-bond acceptors (Lipinski definition) is 7. The minimum absolute atomic E-state index is 0.0181. The van der Waals surface area contributed by atoms with Gasteiger partial charge in [-0.1, -0.05) is 48.7 Å². The number of aromatic nitrogens is 1. The fraction of sp³-hybridized carbons (Fsp3) is 0.370. The van der Waals surface area contributed by atoms with Crippen LogP contribution in [0.4, 0.5) is 0 Å². The van der Waals surface area contributed by atoms with Crippen LogP contribution < -0.4 is 4.74 Å². The van der Waals surface area contributed by atoms with E-state index in [-0.39, 0.29) is 24.4 Å². The zero-order valence-corrected chi connectivity index (χ0v) is 22.3. The topological polar surface area (TPSA) is 68.7 Å². The van der Waals surface area contributed by atoms with Crippen molar-refractivity contribution in [2.75, 3.05) is 7.11 Å². The smallest absolute Gasteiger partial charge is 0.248 e. The van der Waals surface area contributed by atoms with Crippen LogP contribution >= 0.6 is 35.8 Å². The van der Waals surface area contributed by atoms with Crippen molar-refractivity contribution in [2.24, 2.45) is 0 Å². The van der Waals surface area contributed by atoms with Crippen molar-refractivity contribution in [3.05, 3.63) is 81.1 Å². The Labute approximate surface area is 225 Å². The average molecular weight is 543 g/mol. The molecule has 5 rings (SSSR count). The molecule has 0 radical (unpaired) electrons. The van der Waals surface area contributed by atoms with E-state index in [9.17, 15) is 9.59 Å². The standard InChI is InChI=1S/C27H27ClN2O4S2/c1-33-18-9-11-19(12-10-18)34-24-8-4-7-23(29-24)27(17-13-14-36-16-17)15-22(31)25(26(32)30(27)35)20-5-2-3-6-21(20)28/h2-8,13-14,16,18-19,25,35H,9-12,15H2,1H3. The number of nitrogens with zero attached hydrogens (tertiary/aromatic N) is 2. The molecule has 3 aromatic rings. The number of pyridine rings is 1. The summed E-state index contributed by atoms with van der Waals surface area (Å²) < 4.78 is 13.1. The Bertz CT molecular complexity index is 1250. The van der Waals surface area contributed by atoms with E-state index in [0.29, 0.717) is 22.2 Å². The van der Waals surface area contributed by atoms with Gasteiger partial charge in [-0.05, 0) is 65.8 Å². The highest BCUT2D eigenvalue weighted by Crippen LogP contribution is 2.48. The highest BCUT2D eigenvalue weighted by Gasteiger charge is 2.53. The van der Waals surface area contributed by atoms with Gasteiger partial charge in [0.25, 0.3) is 0 Å². The Morgan fingerprint density at radius 3 is 2.50 bits per heavy atom. The molecule has 36 heavy (non-hydrogen) atoms. The highest BCUT2D eigenvalue weighted by atomic mass is 35.5. The van der Waals surface area contributed by atoms with Crippen LogP contribution in [0.3, 0.4) is 0 Å². The number of piperidine rings is 1. The van der Waals surface area contributed by atoms with Crippen molar-refractivity contribution in [3.63, 3.8) is 0 Å². The van der Waals surface area contributed by atoms with Gasteiger partial charge in [-0.3, -0.25) is 13.9 Å². The summed E-state index contributed by atoms with van der Waals surface area (Å²) in [6, 6.07) is 14.3. The zero-order chi connectivity index (χ0) is 25.3. The van der Waals surface area contributed by atoms with E-state index in [1.54, 1.807) is 31.4 Å². The summed E-state index contributed by atoms with van der Waals surface area (Å²) in [4.78, 5) is 32.2. The molecule has 2 fully saturated rings. The van der Waals surface area contributed by atoms with Crippen molar-refractivity contribution in [2.45, 2.75) is 55.8 Å². The molecule has 1 aliphatic carbocycles. The molecular weight excluding hydrogens is 516 g/mol. The predicted molar refractivity (Wildman–Crippen MR) is 143 cm³/mol. The molecule has 0 N–H and O–H groups in total. The van der Waals surface area contributed by atoms with Crippen molar-refractivity contribution in [1.29, 1.82) is 0 Å². The summed E-state index contributed by atoms with van der Waals surface area (Å²) in [5, 5.41) is 4.23. The van der Waals surface area contributed by atoms with Crippen LogP contribution in [-0.4, -0.2) is 40.3 Å². The fourth-order valence-corrected chi connectivity index (χ4v) is 6.60. The van der Waals surface area contributed by atoms with E-state index < -0.39 is 17.4 Å². The Kier molecular flexibility index (Phi) is 7.40. The van der Waals surface area contributed by atoms with Crippen LogP contribution in [0.15, 0.2) is 59.3 Å². The lowest BCUT2D eigenvalue weighted by molar-refractivity contribution is -0.142. The number of thiophene rings is 1. The van der Waals surface area contributed by atoms with Crippen molar-refractivity contribution < 1.29 is 19.1 Å². The maximum atomic E-state index is 13.7. The normalized spacial score (nSPS) is 26.8. The summed E-state index contributed by atoms with van der Waals surface area (Å²) in [6.45, 7) is 0. The minimum atomic E-state index is -1.16. The van der Waals surface area contributed by atoms with E-state index >= 15 is 0 Å². The first-order valence-corrected chi connectivity index (χ1v) is 13.7. The van der Waals surface area contributed by atoms with Gasteiger partial charge in [-0.25, -0.2) is 4.98 Å². The number of hydrogen-bond donors (Lipinski definition) is 1. The van der Waals surface area contributed by atoms with Crippen molar-refractivity contribution >= 4 is 47.4 Å². The summed E-state index contributed by atoms with van der Waals surface area (Å²) in [5.74, 6) is -1.20. The number of rotatable bonds is 6. The number of ether oxygens (including phenoxy) is 2. The number of Topliss-reactive ketones (excluding diaryl/α,β-unsaturated/α-hetero) is 1. The van der Waals surface area contributed by atoms with E-state index in [1.807, 2.05) is 35.0 Å². The van der Waals surface area contributed by atoms with Crippen LogP contribution in [0.25, 0.3) is 0 Å². The predicted octanol–water partition coefficient (Wildman–Crippen LogP) is 5.81. The van der Waals surface area contributed by atoms with Crippen LogP contribution in [0.5, 0.6) is 5.88 Å². The molecule has 0 bridgehead atoms. The molecular formula is C27H27ClN2O4S2. The lowest BCUT2D eigenvalue weighted by atomic mass is 9.75.